The minimum atomic E-state index is -5.41. The number of anilines is 1. The van der Waals surface area contributed by atoms with Crippen LogP contribution in [0.2, 0.25) is 0 Å². The Balaban J connectivity index is 1.24. The fraction of sp³-hybridized carbons (Fsp3) is 0.700. The van der Waals surface area contributed by atoms with Gasteiger partial charge in [0.05, 0.1) is 49.6 Å². The van der Waals surface area contributed by atoms with Gasteiger partial charge in [-0.3, -0.25) is 9.05 Å². The van der Waals surface area contributed by atoms with Crippen molar-refractivity contribution in [3.05, 3.63) is 24.4 Å². The highest BCUT2D eigenvalue weighted by Crippen LogP contribution is 2.68. The monoisotopic (exact) mass is 662 g/mol. The molecule has 4 heterocycles. The van der Waals surface area contributed by atoms with E-state index < -0.39 is 93.5 Å². The summed E-state index contributed by atoms with van der Waals surface area (Å²) in [5.74, 6) is -6.06. The summed E-state index contributed by atoms with van der Waals surface area (Å²) < 4.78 is 70.3. The average molecular weight is 662 g/mol. The van der Waals surface area contributed by atoms with Gasteiger partial charge in [0.2, 0.25) is 0 Å². The first-order chi connectivity index (χ1) is 19.4. The van der Waals surface area contributed by atoms with Crippen molar-refractivity contribution in [2.24, 2.45) is 17.6 Å². The van der Waals surface area contributed by atoms with Crippen molar-refractivity contribution in [2.45, 2.75) is 60.7 Å². The number of aromatic nitrogens is 2. The molecule has 22 heteroatoms. The number of halogens is 1. The summed E-state index contributed by atoms with van der Waals surface area (Å²) in [6, 6.07) is -1.24. The number of aliphatic hydroxyl groups excluding tert-OH is 3. The van der Waals surface area contributed by atoms with Crippen molar-refractivity contribution < 1.29 is 71.5 Å². The Morgan fingerprint density at radius 1 is 1.24 bits per heavy atom. The van der Waals surface area contributed by atoms with Gasteiger partial charge in [-0.1, -0.05) is 12.2 Å². The van der Waals surface area contributed by atoms with Crippen molar-refractivity contribution >= 4 is 32.7 Å². The fourth-order valence-electron chi connectivity index (χ4n) is 5.71. The molecule has 0 aromatic carbocycles. The van der Waals surface area contributed by atoms with E-state index in [0.29, 0.717) is 0 Å². The van der Waals surface area contributed by atoms with E-state index in [9.17, 15) is 38.8 Å². The number of phosphoric ester groups is 1. The molecule has 1 saturated carbocycles. The number of fused-ring (bicyclic) bond motifs is 3. The predicted octanol–water partition coefficient (Wildman–Crippen LogP) is -1.83. The molecular formula is C20H29FN4O14P2S. The third-order valence-electron chi connectivity index (χ3n) is 7.86. The van der Waals surface area contributed by atoms with E-state index in [1.165, 1.54) is 19.3 Å². The van der Waals surface area contributed by atoms with Gasteiger partial charge in [0.25, 0.3) is 0 Å². The van der Waals surface area contributed by atoms with Gasteiger partial charge >= 0.3 is 14.6 Å². The highest BCUT2D eigenvalue weighted by atomic mass is 32.7. The van der Waals surface area contributed by atoms with Gasteiger partial charge in [-0.15, -0.1) is 0 Å². The van der Waals surface area contributed by atoms with Crippen LogP contribution in [0.5, 0.6) is 5.75 Å². The Morgan fingerprint density at radius 2 is 1.93 bits per heavy atom. The summed E-state index contributed by atoms with van der Waals surface area (Å²) >= 11 is 3.66. The molecule has 1 aromatic rings. The quantitative estimate of drug-likeness (QED) is 0.104. The van der Waals surface area contributed by atoms with E-state index in [-0.39, 0.29) is 17.3 Å². The van der Waals surface area contributed by atoms with Crippen LogP contribution in [0.25, 0.3) is 0 Å². The first kappa shape index (κ1) is 32.1. The molecular weight excluding hydrogens is 633 g/mol. The first-order valence-corrected chi connectivity index (χ1v) is 16.4. The molecule has 4 aliphatic rings. The standard InChI is InChI=1S/C20H29FN4O14P2S/c1-18(29)14(22)8(36-19(18)2-3-34-13-15(19)24-6-25-16(13)23)5-35-41(33,42)39-40(31,32)38-17-10-12(28)11(27)9(7(21)4-26)20(10,30)37-17/h2-3,6-12,14,17,26-30H,4-5,22H2,1H3,(H,31,32)(H,33,42)(H2,23,24,25)/t7-,8+,9?,10?,11?,12?,14+,17?,18+,19?,20?,41?/m0/s1. The number of aliphatic hydroxyl groups is 5. The van der Waals surface area contributed by atoms with Crippen molar-refractivity contribution in [1.82, 2.24) is 9.97 Å². The Bertz CT molecular complexity index is 1360. The molecule has 0 amide bonds. The lowest BCUT2D eigenvalue weighted by Crippen LogP contribution is -2.64. The molecule has 5 rings (SSSR count). The smallest absolute Gasteiger partial charge is 0.459 e. The predicted molar refractivity (Wildman–Crippen MR) is 137 cm³/mol. The van der Waals surface area contributed by atoms with E-state index in [2.05, 4.69) is 26.5 Å². The number of alkyl halides is 1. The molecule has 13 atom stereocenters. The number of nitrogen functional groups attached to an aromatic ring is 1. The molecule has 0 radical (unpaired) electrons. The van der Waals surface area contributed by atoms with Gasteiger partial charge in [-0.25, -0.2) is 23.5 Å². The van der Waals surface area contributed by atoms with Crippen molar-refractivity contribution in [3.8, 4) is 5.75 Å². The van der Waals surface area contributed by atoms with Crippen molar-refractivity contribution in [3.63, 3.8) is 0 Å². The van der Waals surface area contributed by atoms with Crippen molar-refractivity contribution in [2.75, 3.05) is 18.9 Å². The molecule has 2 saturated heterocycles. The maximum atomic E-state index is 14.1. The number of hydrogen-bond acceptors (Lipinski definition) is 17. The molecule has 10 N–H and O–H groups in total. The highest BCUT2D eigenvalue weighted by molar-refractivity contribution is 8.45. The minimum Gasteiger partial charge on any atom is -0.459 e. The first-order valence-electron chi connectivity index (χ1n) is 12.2. The zero-order valence-electron chi connectivity index (χ0n) is 21.5. The summed E-state index contributed by atoms with van der Waals surface area (Å²) in [6.07, 6.45) is -5.58. The molecule has 9 unspecified atom stereocenters. The van der Waals surface area contributed by atoms with Crippen LogP contribution in [0, 0.1) is 11.8 Å². The largest absolute Gasteiger partial charge is 0.482 e. The van der Waals surface area contributed by atoms with Crippen molar-refractivity contribution in [1.29, 1.82) is 0 Å². The van der Waals surface area contributed by atoms with Crippen LogP contribution >= 0.6 is 26.9 Å². The van der Waals surface area contributed by atoms with Gasteiger partial charge < -0.3 is 56.1 Å². The maximum Gasteiger partial charge on any atom is 0.482 e. The van der Waals surface area contributed by atoms with E-state index >= 15 is 0 Å². The molecule has 3 aliphatic heterocycles. The van der Waals surface area contributed by atoms with E-state index in [1.807, 2.05) is 0 Å². The van der Waals surface area contributed by atoms with Crippen LogP contribution in [0.1, 0.15) is 12.6 Å². The van der Waals surface area contributed by atoms with Crippen LogP contribution < -0.4 is 16.2 Å². The second kappa shape index (κ2) is 10.6. The summed E-state index contributed by atoms with van der Waals surface area (Å²) in [6.45, 7) is -5.27. The number of thiol groups is 1. The fourth-order valence-corrected chi connectivity index (χ4v) is 8.90. The van der Waals surface area contributed by atoms with Gasteiger partial charge in [-0.2, -0.15) is 4.31 Å². The normalized spacial score (nSPS) is 44.0. The molecule has 18 nitrogen and oxygen atoms in total. The molecule has 1 aromatic heterocycles. The van der Waals surface area contributed by atoms with Gasteiger partial charge in [-0.05, 0) is 13.0 Å². The second-order valence-corrected chi connectivity index (χ2v) is 14.8. The lowest BCUT2D eigenvalue weighted by atomic mass is 9.77. The van der Waals surface area contributed by atoms with E-state index in [4.69, 9.17) is 39.8 Å². The number of hydrogen-bond donors (Lipinski definition) is 9. The number of ether oxygens (including phenoxy) is 3. The molecule has 1 aliphatic carbocycles. The zero-order chi connectivity index (χ0) is 31.0. The lowest BCUT2D eigenvalue weighted by molar-refractivity contribution is -0.426. The topological polar surface area (TPSA) is 289 Å². The molecule has 1 spiro atoms. The summed E-state index contributed by atoms with van der Waals surface area (Å²) in [5.41, 5.74) is 8.50. The molecule has 0 bridgehead atoms. The Kier molecular flexibility index (Phi) is 8.13. The third-order valence-corrected chi connectivity index (χ3v) is 11.5. The van der Waals surface area contributed by atoms with Crippen LogP contribution in [-0.4, -0.2) is 102 Å². The Labute approximate surface area is 241 Å². The van der Waals surface area contributed by atoms with Crippen LogP contribution in [0.15, 0.2) is 18.7 Å². The maximum absolute atomic E-state index is 14.1. The Morgan fingerprint density at radius 3 is 2.60 bits per heavy atom. The van der Waals surface area contributed by atoms with E-state index in [1.54, 1.807) is 0 Å². The zero-order valence-corrected chi connectivity index (χ0v) is 24.2. The molecule has 3 fully saturated rings. The number of phosphoric acid groups is 1. The number of rotatable bonds is 9. The van der Waals surface area contributed by atoms with Crippen LogP contribution in [0.4, 0.5) is 10.2 Å². The minimum absolute atomic E-state index is 0.00494. The number of nitrogens with zero attached hydrogens (tertiary/aromatic N) is 2. The van der Waals surface area contributed by atoms with Gasteiger partial charge in [0, 0.05) is 0 Å². The SMILES string of the molecule is C[C@@]1(O)[C@H](N)[C@@H](COP(=O)(S)OP(=O)(O)OC2OC3(O)C2C(O)C(O)C3[C@@H](F)CO)OC12C=COc1c(N)ncnc12. The summed E-state index contributed by atoms with van der Waals surface area (Å²) in [5, 5.41) is 51.3. The lowest BCUT2D eigenvalue weighted by Gasteiger charge is -2.49. The highest BCUT2D eigenvalue weighted by Gasteiger charge is 2.74. The number of nitrogens with two attached hydrogens (primary N) is 2. The average Bonchev–Trinajstić information content (AvgIpc) is 3.16. The summed E-state index contributed by atoms with van der Waals surface area (Å²) in [4.78, 5) is 18.1. The van der Waals surface area contributed by atoms with Gasteiger partial charge in [0.15, 0.2) is 29.2 Å². The molecule has 42 heavy (non-hydrogen) atoms. The van der Waals surface area contributed by atoms with Gasteiger partial charge in [0.1, 0.15) is 29.9 Å². The Hall–Kier alpha value is -1.32. The van der Waals surface area contributed by atoms with E-state index in [0.717, 1.165) is 6.33 Å². The molecule has 236 valence electrons. The van der Waals surface area contributed by atoms with Crippen LogP contribution in [-0.2, 0) is 37.6 Å². The van der Waals surface area contributed by atoms with Crippen LogP contribution in [0.3, 0.4) is 0 Å². The second-order valence-electron chi connectivity index (χ2n) is 10.3. The summed E-state index contributed by atoms with van der Waals surface area (Å²) in [7, 11) is -5.41. The third kappa shape index (κ3) is 4.92.